The zero-order valence-corrected chi connectivity index (χ0v) is 16.9. The van der Waals surface area contributed by atoms with Gasteiger partial charge in [0.2, 0.25) is 8.32 Å². The Balaban J connectivity index is 3.01. The van der Waals surface area contributed by atoms with E-state index in [1.165, 1.54) is 10.4 Å². The molecule has 0 aliphatic rings. The third-order valence-electron chi connectivity index (χ3n) is 3.68. The molecule has 1 aromatic carbocycles. The van der Waals surface area contributed by atoms with Crippen molar-refractivity contribution in [2.24, 2.45) is 0 Å². The Hall–Kier alpha value is -0.469. The number of hydrogen-bond acceptors (Lipinski definition) is 2. The van der Waals surface area contributed by atoms with Gasteiger partial charge in [-0.15, -0.1) is 6.58 Å². The summed E-state index contributed by atoms with van der Waals surface area (Å²) in [6.07, 6.45) is 0. The van der Waals surface area contributed by atoms with Crippen LogP contribution < -0.4 is 10.4 Å². The minimum atomic E-state index is -2.23. The summed E-state index contributed by atoms with van der Waals surface area (Å²) in [5.74, 6) is 0. The monoisotopic (exact) mass is 324 g/mol. The minimum absolute atomic E-state index is 1.23. The summed E-state index contributed by atoms with van der Waals surface area (Å²) in [6, 6.07) is 9.04. The average Bonchev–Trinajstić information content (AvgIpc) is 2.37. The highest BCUT2D eigenvalue weighted by Crippen LogP contribution is 2.16. The summed E-state index contributed by atoms with van der Waals surface area (Å²) < 4.78 is 11.9. The fourth-order valence-electron chi connectivity index (χ4n) is 2.10. The van der Waals surface area contributed by atoms with Gasteiger partial charge in [-0.1, -0.05) is 54.8 Å². The Morgan fingerprint density at radius 2 is 1.35 bits per heavy atom. The second kappa shape index (κ2) is 6.11. The van der Waals surface area contributed by atoms with Crippen LogP contribution in [0.4, 0.5) is 0 Å². The fraction of sp³-hybridized carbons (Fsp3) is 0.467. The highest BCUT2D eigenvalue weighted by atomic mass is 28.4. The van der Waals surface area contributed by atoms with Crippen LogP contribution >= 0.6 is 0 Å². The number of hydrogen-bond donors (Lipinski definition) is 0. The molecule has 1 atom stereocenters. The van der Waals surface area contributed by atoms with E-state index in [4.69, 9.17) is 8.54 Å². The molecule has 1 rings (SSSR count). The van der Waals surface area contributed by atoms with Crippen LogP contribution in [-0.2, 0) is 8.54 Å². The van der Waals surface area contributed by atoms with Crippen molar-refractivity contribution in [3.8, 4) is 0 Å². The molecule has 0 saturated carbocycles. The van der Waals surface area contributed by atoms with Gasteiger partial charge >= 0.3 is 8.56 Å². The molecule has 2 nitrogen and oxygen atoms in total. The van der Waals surface area contributed by atoms with Crippen molar-refractivity contribution in [2.45, 2.75) is 39.3 Å². The smallest absolute Gasteiger partial charge is 0.350 e. The third-order valence-corrected chi connectivity index (χ3v) is 12.7. The van der Waals surface area contributed by atoms with Crippen LogP contribution in [0.3, 0.4) is 0 Å². The molecule has 5 heteroatoms. The van der Waals surface area contributed by atoms with Crippen LogP contribution in [0.5, 0.6) is 0 Å². The quantitative estimate of drug-likeness (QED) is 0.749. The SMILES string of the molecule is C=C[Si](C)(OC)O[Si](C)(C)c1ccc([Si](C)(C)C)cc1. The van der Waals surface area contributed by atoms with E-state index in [-0.39, 0.29) is 0 Å². The molecule has 1 aromatic rings. The van der Waals surface area contributed by atoms with Crippen molar-refractivity contribution in [3.63, 3.8) is 0 Å². The first kappa shape index (κ1) is 17.6. The standard InChI is InChI=1S/C15H28O2Si3/c1-9-20(8,16-2)17-19(6,7)15-12-10-14(11-13-15)18(3,4)5/h9-13H,1H2,2-8H3. The van der Waals surface area contributed by atoms with E-state index >= 15 is 0 Å². The van der Waals surface area contributed by atoms with Crippen LogP contribution in [0.25, 0.3) is 0 Å². The Morgan fingerprint density at radius 3 is 1.70 bits per heavy atom. The van der Waals surface area contributed by atoms with Gasteiger partial charge in [0.25, 0.3) is 0 Å². The van der Waals surface area contributed by atoms with Gasteiger partial charge in [-0.3, -0.25) is 0 Å². The summed E-state index contributed by atoms with van der Waals surface area (Å²) in [4.78, 5) is 0. The van der Waals surface area contributed by atoms with Gasteiger partial charge in [-0.25, -0.2) is 0 Å². The van der Waals surface area contributed by atoms with Crippen LogP contribution in [0.1, 0.15) is 0 Å². The number of rotatable bonds is 6. The first-order chi connectivity index (χ1) is 9.04. The van der Waals surface area contributed by atoms with Gasteiger partial charge in [-0.2, -0.15) is 0 Å². The second-order valence-electron chi connectivity index (χ2n) is 6.86. The largest absolute Gasteiger partial charge is 0.429 e. The van der Waals surface area contributed by atoms with Crippen molar-refractivity contribution >= 4 is 35.3 Å². The Kier molecular flexibility index (Phi) is 5.37. The normalized spacial score (nSPS) is 15.8. The Morgan fingerprint density at radius 1 is 0.900 bits per heavy atom. The van der Waals surface area contributed by atoms with Crippen molar-refractivity contribution in [1.82, 2.24) is 0 Å². The van der Waals surface area contributed by atoms with Crippen LogP contribution in [0, 0.1) is 0 Å². The second-order valence-corrected chi connectivity index (χ2v) is 19.2. The molecule has 0 aromatic heterocycles. The topological polar surface area (TPSA) is 18.5 Å². The van der Waals surface area contributed by atoms with E-state index in [0.717, 1.165) is 0 Å². The predicted molar refractivity (Wildman–Crippen MR) is 96.4 cm³/mol. The Bertz CT molecular complexity index is 463. The van der Waals surface area contributed by atoms with Crippen molar-refractivity contribution in [2.75, 3.05) is 7.11 Å². The highest BCUT2D eigenvalue weighted by molar-refractivity contribution is 6.92. The molecule has 0 aliphatic heterocycles. The molecular weight excluding hydrogens is 296 g/mol. The summed E-state index contributed by atoms with van der Waals surface area (Å²) in [7, 11) is -3.71. The molecule has 0 radical (unpaired) electrons. The minimum Gasteiger partial charge on any atom is -0.429 e. The van der Waals surface area contributed by atoms with E-state index < -0.39 is 25.0 Å². The average molecular weight is 325 g/mol. The van der Waals surface area contributed by atoms with Crippen molar-refractivity contribution < 1.29 is 8.54 Å². The van der Waals surface area contributed by atoms with Crippen LogP contribution in [0.2, 0.25) is 39.3 Å². The van der Waals surface area contributed by atoms with Gasteiger partial charge in [0.15, 0.2) is 0 Å². The van der Waals surface area contributed by atoms with Gasteiger partial charge in [0, 0.05) is 7.11 Å². The van der Waals surface area contributed by atoms with Crippen molar-refractivity contribution in [1.29, 1.82) is 0 Å². The third kappa shape index (κ3) is 4.26. The first-order valence-electron chi connectivity index (χ1n) is 7.04. The van der Waals surface area contributed by atoms with Gasteiger partial charge in [0.05, 0.1) is 8.07 Å². The molecule has 0 spiro atoms. The zero-order chi connectivity index (χ0) is 15.6. The van der Waals surface area contributed by atoms with E-state index in [9.17, 15) is 0 Å². The molecule has 112 valence electrons. The highest BCUT2D eigenvalue weighted by Gasteiger charge is 2.37. The molecule has 0 heterocycles. The maximum absolute atomic E-state index is 6.38. The van der Waals surface area contributed by atoms with E-state index in [2.05, 4.69) is 63.6 Å². The van der Waals surface area contributed by atoms with Gasteiger partial charge in [-0.05, 0) is 24.8 Å². The molecule has 20 heavy (non-hydrogen) atoms. The van der Waals surface area contributed by atoms with Gasteiger partial charge < -0.3 is 8.54 Å². The van der Waals surface area contributed by atoms with Crippen LogP contribution in [-0.4, -0.2) is 32.1 Å². The molecule has 0 bridgehead atoms. The molecule has 0 aliphatic carbocycles. The molecular formula is C15H28O2Si3. The summed E-state index contributed by atoms with van der Waals surface area (Å²) in [5.41, 5.74) is 1.86. The van der Waals surface area contributed by atoms with Crippen LogP contribution in [0.15, 0.2) is 36.5 Å². The summed E-state index contributed by atoms with van der Waals surface area (Å²) in [6.45, 7) is 17.5. The van der Waals surface area contributed by atoms with Gasteiger partial charge in [0.1, 0.15) is 0 Å². The van der Waals surface area contributed by atoms with E-state index in [0.29, 0.717) is 0 Å². The van der Waals surface area contributed by atoms with E-state index in [1.807, 2.05) is 12.2 Å². The maximum atomic E-state index is 6.38. The molecule has 0 N–H and O–H groups in total. The zero-order valence-electron chi connectivity index (χ0n) is 13.9. The summed E-state index contributed by atoms with van der Waals surface area (Å²) in [5, 5.41) is 2.80. The first-order valence-corrected chi connectivity index (χ1v) is 15.8. The lowest BCUT2D eigenvalue weighted by Gasteiger charge is -2.33. The number of benzene rings is 1. The molecule has 1 unspecified atom stereocenters. The lowest BCUT2D eigenvalue weighted by molar-refractivity contribution is 0.319. The lowest BCUT2D eigenvalue weighted by Crippen LogP contribution is -2.54. The molecule has 0 fully saturated rings. The fourth-order valence-corrected chi connectivity index (χ4v) is 9.60. The maximum Gasteiger partial charge on any atom is 0.350 e. The van der Waals surface area contributed by atoms with E-state index in [1.54, 1.807) is 7.11 Å². The molecule has 0 amide bonds. The lowest BCUT2D eigenvalue weighted by atomic mass is 10.4. The predicted octanol–water partition coefficient (Wildman–Crippen LogP) is 3.10. The summed E-state index contributed by atoms with van der Waals surface area (Å²) >= 11 is 0. The Labute approximate surface area is 127 Å². The van der Waals surface area contributed by atoms with Crippen molar-refractivity contribution in [3.05, 3.63) is 36.5 Å². The molecule has 0 saturated heterocycles.